The normalized spacial score (nSPS) is 12.5. The Morgan fingerprint density at radius 3 is 0.775 bits per heavy atom. The van der Waals surface area contributed by atoms with Gasteiger partial charge in [0, 0.05) is 19.3 Å². The van der Waals surface area contributed by atoms with Gasteiger partial charge in [0.05, 0.1) is 0 Å². The van der Waals surface area contributed by atoms with Crippen molar-refractivity contribution < 1.29 is 28.6 Å². The molecule has 0 aromatic carbocycles. The van der Waals surface area contributed by atoms with Crippen LogP contribution in [-0.2, 0) is 28.6 Å². The van der Waals surface area contributed by atoms with Crippen molar-refractivity contribution in [3.63, 3.8) is 0 Å². The maximum absolute atomic E-state index is 12.9. The topological polar surface area (TPSA) is 78.9 Å². The molecule has 0 radical (unpaired) electrons. The van der Waals surface area contributed by atoms with Gasteiger partial charge in [0.15, 0.2) is 6.10 Å². The Morgan fingerprint density at radius 2 is 0.487 bits per heavy atom. The van der Waals surface area contributed by atoms with Crippen molar-refractivity contribution in [1.82, 2.24) is 0 Å². The number of carbonyl (C=O) groups excluding carboxylic acids is 3. The van der Waals surface area contributed by atoms with E-state index in [-0.39, 0.29) is 31.1 Å². The van der Waals surface area contributed by atoms with Gasteiger partial charge in [-0.05, 0) is 89.9 Å². The van der Waals surface area contributed by atoms with Crippen molar-refractivity contribution in [1.29, 1.82) is 0 Å². The summed E-state index contributed by atoms with van der Waals surface area (Å²) in [6.45, 7) is 6.51. The van der Waals surface area contributed by atoms with Gasteiger partial charge in [0.2, 0.25) is 0 Å². The molecule has 6 nitrogen and oxygen atoms in total. The first kappa shape index (κ1) is 76.9. The van der Waals surface area contributed by atoms with Crippen LogP contribution in [0.1, 0.15) is 361 Å². The molecule has 0 bridgehead atoms. The van der Waals surface area contributed by atoms with Crippen LogP contribution >= 0.6 is 0 Å². The van der Waals surface area contributed by atoms with Crippen LogP contribution in [0.25, 0.3) is 0 Å². The number of carbonyl (C=O) groups is 3. The van der Waals surface area contributed by atoms with E-state index in [2.05, 4.69) is 93.7 Å². The highest BCUT2D eigenvalue weighted by Gasteiger charge is 2.19. The molecule has 80 heavy (non-hydrogen) atoms. The fourth-order valence-electron chi connectivity index (χ4n) is 10.2. The lowest BCUT2D eigenvalue weighted by molar-refractivity contribution is -0.167. The van der Waals surface area contributed by atoms with Crippen molar-refractivity contribution in [2.24, 2.45) is 0 Å². The third kappa shape index (κ3) is 65.7. The van der Waals surface area contributed by atoms with Crippen LogP contribution in [0.2, 0.25) is 0 Å². The van der Waals surface area contributed by atoms with E-state index in [1.54, 1.807) is 0 Å². The molecule has 0 aliphatic rings. The molecule has 0 aliphatic carbocycles. The zero-order valence-corrected chi connectivity index (χ0v) is 53.3. The summed E-state index contributed by atoms with van der Waals surface area (Å²) in [5.74, 6) is -0.868. The Labute approximate surface area is 497 Å². The summed E-state index contributed by atoms with van der Waals surface area (Å²) in [7, 11) is 0. The summed E-state index contributed by atoms with van der Waals surface area (Å²) in [5.41, 5.74) is 0. The molecule has 0 amide bonds. The van der Waals surface area contributed by atoms with Crippen molar-refractivity contribution >= 4 is 17.9 Å². The lowest BCUT2D eigenvalue weighted by Gasteiger charge is -2.18. The molecule has 0 rings (SSSR count). The molecule has 0 saturated carbocycles. The number of ether oxygens (including phenoxy) is 3. The molecule has 1 unspecified atom stereocenters. The molecule has 0 saturated heterocycles. The van der Waals surface area contributed by atoms with Gasteiger partial charge >= 0.3 is 17.9 Å². The second-order valence-corrected chi connectivity index (χ2v) is 23.4. The van der Waals surface area contributed by atoms with Gasteiger partial charge in [0.1, 0.15) is 13.2 Å². The monoisotopic (exact) mass is 1120 g/mol. The Balaban J connectivity index is 4.01. The maximum atomic E-state index is 12.9. The summed E-state index contributed by atoms with van der Waals surface area (Å²) in [5, 5.41) is 0. The highest BCUT2D eigenvalue weighted by atomic mass is 16.6. The lowest BCUT2D eigenvalue weighted by Crippen LogP contribution is -2.30. The predicted octanol–water partition coefficient (Wildman–Crippen LogP) is 24.1. The molecule has 0 N–H and O–H groups in total. The van der Waals surface area contributed by atoms with Crippen LogP contribution in [-0.4, -0.2) is 37.2 Å². The summed E-state index contributed by atoms with van der Waals surface area (Å²) in [6.07, 6.45) is 89.7. The van der Waals surface area contributed by atoms with Crippen LogP contribution in [0.3, 0.4) is 0 Å². The summed E-state index contributed by atoms with van der Waals surface area (Å²) >= 11 is 0. The Hall–Kier alpha value is -3.15. The minimum atomic E-state index is -0.773. The molecule has 1 atom stereocenters. The molecule has 0 fully saturated rings. The molecule has 0 aromatic heterocycles. The van der Waals surface area contributed by atoms with Crippen LogP contribution in [0.15, 0.2) is 72.9 Å². The zero-order valence-electron chi connectivity index (χ0n) is 53.3. The molecular formula is C74H132O6. The molecule has 0 aliphatic heterocycles. The second-order valence-electron chi connectivity index (χ2n) is 23.4. The number of unbranched alkanes of at least 4 members (excludes halogenated alkanes) is 41. The largest absolute Gasteiger partial charge is 0.462 e. The van der Waals surface area contributed by atoms with Crippen molar-refractivity contribution in [2.45, 2.75) is 367 Å². The van der Waals surface area contributed by atoms with Crippen LogP contribution in [0.5, 0.6) is 0 Å². The minimum absolute atomic E-state index is 0.0725. The molecule has 0 aromatic rings. The van der Waals surface area contributed by atoms with Gasteiger partial charge < -0.3 is 14.2 Å². The molecular weight excluding hydrogens is 985 g/mol. The first-order valence-electron chi connectivity index (χ1n) is 34.9. The fraction of sp³-hybridized carbons (Fsp3) is 0.797. The summed E-state index contributed by atoms with van der Waals surface area (Å²) in [6, 6.07) is 0. The first-order chi connectivity index (χ1) is 39.5. The Kier molecular flexibility index (Phi) is 65.7. The van der Waals surface area contributed by atoms with E-state index in [1.165, 1.54) is 231 Å². The summed E-state index contributed by atoms with van der Waals surface area (Å²) in [4.78, 5) is 38.1. The van der Waals surface area contributed by atoms with Gasteiger partial charge in [-0.2, -0.15) is 0 Å². The molecule has 0 spiro atoms. The second kappa shape index (κ2) is 68.3. The van der Waals surface area contributed by atoms with E-state index in [9.17, 15) is 14.4 Å². The number of rotatable bonds is 64. The van der Waals surface area contributed by atoms with Gasteiger partial charge in [-0.3, -0.25) is 14.4 Å². The summed E-state index contributed by atoms with van der Waals surface area (Å²) < 4.78 is 16.9. The van der Waals surface area contributed by atoms with E-state index < -0.39 is 6.10 Å². The van der Waals surface area contributed by atoms with Crippen molar-refractivity contribution in [3.05, 3.63) is 72.9 Å². The molecule has 464 valence electrons. The maximum Gasteiger partial charge on any atom is 0.306 e. The van der Waals surface area contributed by atoms with Gasteiger partial charge in [-0.25, -0.2) is 0 Å². The SMILES string of the molecule is CC/C=C\C/C=C\C/C=C\C/C=C\C/C=C\CCCCCCCCCCCCCC(=O)OC(COC(=O)CCCCCCCC)COC(=O)CCCCCCCCCCCCCCCCCCC/C=C\CCCCCCCCCC. The van der Waals surface area contributed by atoms with E-state index in [0.29, 0.717) is 19.3 Å². The first-order valence-corrected chi connectivity index (χ1v) is 34.9. The van der Waals surface area contributed by atoms with E-state index >= 15 is 0 Å². The lowest BCUT2D eigenvalue weighted by atomic mass is 10.0. The van der Waals surface area contributed by atoms with Gasteiger partial charge in [-0.15, -0.1) is 0 Å². The van der Waals surface area contributed by atoms with Crippen LogP contribution in [0, 0.1) is 0 Å². The Bertz CT molecular complexity index is 1470. The van der Waals surface area contributed by atoms with Crippen molar-refractivity contribution in [2.75, 3.05) is 13.2 Å². The predicted molar refractivity (Wildman–Crippen MR) is 348 cm³/mol. The number of hydrogen-bond acceptors (Lipinski definition) is 6. The highest BCUT2D eigenvalue weighted by molar-refractivity contribution is 5.71. The minimum Gasteiger partial charge on any atom is -0.462 e. The van der Waals surface area contributed by atoms with E-state index in [1.807, 2.05) is 0 Å². The van der Waals surface area contributed by atoms with Crippen molar-refractivity contribution in [3.8, 4) is 0 Å². The third-order valence-corrected chi connectivity index (χ3v) is 15.4. The highest BCUT2D eigenvalue weighted by Crippen LogP contribution is 2.18. The van der Waals surface area contributed by atoms with Gasteiger partial charge in [0.25, 0.3) is 0 Å². The molecule has 0 heterocycles. The Morgan fingerprint density at radius 1 is 0.263 bits per heavy atom. The molecule has 6 heteroatoms. The smallest absolute Gasteiger partial charge is 0.306 e. The average molecular weight is 1120 g/mol. The van der Waals surface area contributed by atoms with E-state index in [4.69, 9.17) is 14.2 Å². The number of esters is 3. The number of allylic oxidation sites excluding steroid dienone is 12. The quantitative estimate of drug-likeness (QED) is 0.0261. The fourth-order valence-corrected chi connectivity index (χ4v) is 10.2. The third-order valence-electron chi connectivity index (χ3n) is 15.4. The average Bonchev–Trinajstić information content (AvgIpc) is 3.46. The number of hydrogen-bond donors (Lipinski definition) is 0. The van der Waals surface area contributed by atoms with E-state index in [0.717, 1.165) is 89.9 Å². The standard InChI is InChI=1S/C74H132O6/c1-4-7-10-13-16-18-20-22-24-26-28-30-32-34-36-37-39-40-42-44-46-48-50-52-54-56-58-61-64-67-73(76)79-70-71(69-78-72(75)66-63-60-15-12-9-6-3)80-74(77)68-65-62-59-57-55-53-51-49-47-45-43-41-38-35-33-31-29-27-25-23-21-19-17-14-11-8-5-2/h8,11,17,19,23,25-26,28-29,31,35,38,71H,4-7,9-10,12-16,18,20-22,24,27,30,32-34,36-37,39-70H2,1-3H3/b11-8-,19-17-,25-23-,28-26-,31-29-,38-35-. The van der Waals surface area contributed by atoms with Gasteiger partial charge in [-0.1, -0.05) is 325 Å². The van der Waals surface area contributed by atoms with Crippen LogP contribution in [0.4, 0.5) is 0 Å². The zero-order chi connectivity index (χ0) is 57.8. The van der Waals surface area contributed by atoms with Crippen LogP contribution < -0.4 is 0 Å².